The Balaban J connectivity index is 1.46. The van der Waals surface area contributed by atoms with E-state index < -0.39 is 0 Å². The molecule has 5 nitrogen and oxygen atoms in total. The van der Waals surface area contributed by atoms with Crippen LogP contribution >= 0.6 is 11.3 Å². The van der Waals surface area contributed by atoms with Crippen molar-refractivity contribution in [3.05, 3.63) is 63.5 Å². The maximum atomic E-state index is 12.2. The minimum Gasteiger partial charge on any atom is -0.379 e. The monoisotopic (exact) mass is 382 g/mol. The minimum atomic E-state index is -0.0247. The van der Waals surface area contributed by atoms with Crippen LogP contribution in [0, 0.1) is 0 Å². The maximum absolute atomic E-state index is 12.2. The van der Waals surface area contributed by atoms with Gasteiger partial charge in [0, 0.05) is 35.9 Å². The first-order valence-electron chi connectivity index (χ1n) is 9.68. The molecule has 142 valence electrons. The Hall–Kier alpha value is -2.18. The van der Waals surface area contributed by atoms with E-state index in [9.17, 15) is 4.79 Å². The van der Waals surface area contributed by atoms with Crippen molar-refractivity contribution in [3.8, 4) is 0 Å². The van der Waals surface area contributed by atoms with E-state index >= 15 is 0 Å². The van der Waals surface area contributed by atoms with Crippen LogP contribution in [0.3, 0.4) is 0 Å². The molecule has 27 heavy (non-hydrogen) atoms. The van der Waals surface area contributed by atoms with Crippen molar-refractivity contribution < 1.29 is 0 Å². The molecule has 4 rings (SSSR count). The fraction of sp³-hybridized carbons (Fsp3) is 0.429. The Kier molecular flexibility index (Phi) is 5.55. The maximum Gasteiger partial charge on any atom is 0.258 e. The van der Waals surface area contributed by atoms with Gasteiger partial charge in [0.15, 0.2) is 4.96 Å². The van der Waals surface area contributed by atoms with Crippen LogP contribution in [0.2, 0.25) is 0 Å². The number of nitrogens with zero attached hydrogens (tertiary/aromatic N) is 3. The summed E-state index contributed by atoms with van der Waals surface area (Å²) in [6, 6.07) is 10.8. The highest BCUT2D eigenvalue weighted by Crippen LogP contribution is 2.25. The standard InChI is InChI=1S/C21H26N4OS/c1-24(18-8-3-2-4-9-18)15-16-7-5-6-10-19(16)22-14-17-13-20(26)25-11-12-27-21(25)23-17/h5-7,10-13,18,22H,2-4,8-9,14-15H2,1H3. The van der Waals surface area contributed by atoms with E-state index in [1.165, 1.54) is 49.0 Å². The predicted octanol–water partition coefficient (Wildman–Crippen LogP) is 4.13. The lowest BCUT2D eigenvalue weighted by Crippen LogP contribution is -2.33. The number of benzene rings is 1. The van der Waals surface area contributed by atoms with Gasteiger partial charge in [-0.05, 0) is 31.5 Å². The van der Waals surface area contributed by atoms with Crippen LogP contribution in [-0.4, -0.2) is 27.4 Å². The molecule has 0 aliphatic heterocycles. The number of nitrogens with one attached hydrogen (secondary N) is 1. The SMILES string of the molecule is CN(Cc1ccccc1NCc1cc(=O)n2ccsc2n1)C1CCCCC1. The van der Waals surface area contributed by atoms with Gasteiger partial charge in [-0.2, -0.15) is 0 Å². The molecule has 6 heteroatoms. The van der Waals surface area contributed by atoms with Crippen LogP contribution in [-0.2, 0) is 13.1 Å². The molecule has 0 amide bonds. The van der Waals surface area contributed by atoms with Gasteiger partial charge in [-0.3, -0.25) is 14.1 Å². The van der Waals surface area contributed by atoms with Gasteiger partial charge in [-0.25, -0.2) is 4.98 Å². The van der Waals surface area contributed by atoms with Crippen molar-refractivity contribution in [2.24, 2.45) is 0 Å². The van der Waals surface area contributed by atoms with Gasteiger partial charge in [0.2, 0.25) is 0 Å². The van der Waals surface area contributed by atoms with E-state index in [-0.39, 0.29) is 5.56 Å². The first kappa shape index (κ1) is 18.2. The first-order valence-corrected chi connectivity index (χ1v) is 10.6. The zero-order chi connectivity index (χ0) is 18.6. The van der Waals surface area contributed by atoms with Crippen molar-refractivity contribution in [2.75, 3.05) is 12.4 Å². The lowest BCUT2D eigenvalue weighted by atomic mass is 9.94. The number of fused-ring (bicyclic) bond motifs is 1. The van der Waals surface area contributed by atoms with E-state index in [0.29, 0.717) is 12.6 Å². The average Bonchev–Trinajstić information content (AvgIpc) is 3.17. The molecule has 1 saturated carbocycles. The number of thiazole rings is 1. The van der Waals surface area contributed by atoms with Gasteiger partial charge in [-0.1, -0.05) is 37.5 Å². The summed E-state index contributed by atoms with van der Waals surface area (Å²) in [6.45, 7) is 1.49. The fourth-order valence-electron chi connectivity index (χ4n) is 3.91. The Morgan fingerprint density at radius 1 is 1.26 bits per heavy atom. The molecule has 0 atom stereocenters. The summed E-state index contributed by atoms with van der Waals surface area (Å²) in [7, 11) is 2.24. The Morgan fingerprint density at radius 3 is 2.93 bits per heavy atom. The number of anilines is 1. The molecule has 0 radical (unpaired) electrons. The molecule has 1 N–H and O–H groups in total. The third-order valence-corrected chi connectivity index (χ3v) is 6.21. The van der Waals surface area contributed by atoms with Crippen LogP contribution in [0.5, 0.6) is 0 Å². The topological polar surface area (TPSA) is 49.6 Å². The lowest BCUT2D eigenvalue weighted by Gasteiger charge is -2.31. The second-order valence-electron chi connectivity index (χ2n) is 7.36. The number of hydrogen-bond acceptors (Lipinski definition) is 5. The Morgan fingerprint density at radius 2 is 2.07 bits per heavy atom. The summed E-state index contributed by atoms with van der Waals surface area (Å²) < 4.78 is 1.58. The quantitative estimate of drug-likeness (QED) is 0.696. The molecule has 3 aromatic rings. The third kappa shape index (κ3) is 4.22. The van der Waals surface area contributed by atoms with E-state index in [1.807, 2.05) is 5.38 Å². The molecular formula is C21H26N4OS. The zero-order valence-electron chi connectivity index (χ0n) is 15.7. The van der Waals surface area contributed by atoms with E-state index in [0.717, 1.165) is 22.9 Å². The van der Waals surface area contributed by atoms with Crippen molar-refractivity contribution in [3.63, 3.8) is 0 Å². The van der Waals surface area contributed by atoms with Gasteiger partial charge < -0.3 is 5.32 Å². The summed E-state index contributed by atoms with van der Waals surface area (Å²) in [5, 5.41) is 5.38. The second-order valence-corrected chi connectivity index (χ2v) is 8.23. The zero-order valence-corrected chi connectivity index (χ0v) is 16.5. The summed E-state index contributed by atoms with van der Waals surface area (Å²) >= 11 is 1.48. The van der Waals surface area contributed by atoms with E-state index in [4.69, 9.17) is 0 Å². The molecule has 0 unspecified atom stereocenters. The summed E-state index contributed by atoms with van der Waals surface area (Å²) in [4.78, 5) is 20.0. The summed E-state index contributed by atoms with van der Waals surface area (Å²) in [5.74, 6) is 0. The molecule has 2 aromatic heterocycles. The molecule has 1 aliphatic carbocycles. The van der Waals surface area contributed by atoms with Gasteiger partial charge >= 0.3 is 0 Å². The van der Waals surface area contributed by atoms with E-state index in [1.54, 1.807) is 16.7 Å². The highest BCUT2D eigenvalue weighted by molar-refractivity contribution is 7.15. The van der Waals surface area contributed by atoms with Crippen LogP contribution in [0.4, 0.5) is 5.69 Å². The Labute approximate surface area is 163 Å². The smallest absolute Gasteiger partial charge is 0.258 e. The predicted molar refractivity (Wildman–Crippen MR) is 111 cm³/mol. The highest BCUT2D eigenvalue weighted by atomic mass is 32.1. The second kappa shape index (κ2) is 8.23. The highest BCUT2D eigenvalue weighted by Gasteiger charge is 2.18. The Bertz CT molecular complexity index is 958. The average molecular weight is 383 g/mol. The summed E-state index contributed by atoms with van der Waals surface area (Å²) in [5.41, 5.74) is 3.16. The molecule has 1 aromatic carbocycles. The third-order valence-electron chi connectivity index (χ3n) is 5.45. The van der Waals surface area contributed by atoms with Crippen LogP contribution < -0.4 is 10.9 Å². The van der Waals surface area contributed by atoms with Crippen molar-refractivity contribution in [1.82, 2.24) is 14.3 Å². The molecule has 0 bridgehead atoms. The van der Waals surface area contributed by atoms with Gasteiger partial charge in [0.05, 0.1) is 12.2 Å². The molecule has 0 saturated heterocycles. The van der Waals surface area contributed by atoms with Gasteiger partial charge in [0.25, 0.3) is 5.56 Å². The minimum absolute atomic E-state index is 0.0247. The lowest BCUT2D eigenvalue weighted by molar-refractivity contribution is 0.185. The number of hydrogen-bond donors (Lipinski definition) is 1. The number of rotatable bonds is 6. The van der Waals surface area contributed by atoms with Gasteiger partial charge in [0.1, 0.15) is 0 Å². The van der Waals surface area contributed by atoms with Crippen molar-refractivity contribution in [1.29, 1.82) is 0 Å². The summed E-state index contributed by atoms with van der Waals surface area (Å²) in [6.07, 6.45) is 8.46. The normalized spacial score (nSPS) is 15.5. The number of para-hydroxylation sites is 1. The molecular weight excluding hydrogens is 356 g/mol. The molecule has 1 aliphatic rings. The largest absolute Gasteiger partial charge is 0.379 e. The van der Waals surface area contributed by atoms with Crippen molar-refractivity contribution in [2.45, 2.75) is 51.2 Å². The fourth-order valence-corrected chi connectivity index (χ4v) is 4.65. The van der Waals surface area contributed by atoms with E-state index in [2.05, 4.69) is 46.5 Å². The van der Waals surface area contributed by atoms with Crippen LogP contribution in [0.25, 0.3) is 4.96 Å². The number of aromatic nitrogens is 2. The molecule has 2 heterocycles. The van der Waals surface area contributed by atoms with Gasteiger partial charge in [-0.15, -0.1) is 11.3 Å². The molecule has 1 fully saturated rings. The molecule has 0 spiro atoms. The first-order chi connectivity index (χ1) is 13.2. The van der Waals surface area contributed by atoms with Crippen LogP contribution in [0.1, 0.15) is 43.4 Å². The van der Waals surface area contributed by atoms with Crippen LogP contribution in [0.15, 0.2) is 46.7 Å². The van der Waals surface area contributed by atoms with Crippen molar-refractivity contribution >= 4 is 22.0 Å².